The Bertz CT molecular complexity index is 1250. The molecule has 2 aromatic rings. The second kappa shape index (κ2) is 10.1. The molecule has 11 heteroatoms. The van der Waals surface area contributed by atoms with Crippen LogP contribution in [-0.4, -0.2) is 58.5 Å². The molecule has 8 nitrogen and oxygen atoms in total. The van der Waals surface area contributed by atoms with E-state index in [9.17, 15) is 21.6 Å². The van der Waals surface area contributed by atoms with Crippen LogP contribution in [0.1, 0.15) is 41.6 Å². The largest absolute Gasteiger partial charge is 0.322 e. The smallest absolute Gasteiger partial charge is 0.255 e. The number of halogens is 1. The lowest BCUT2D eigenvalue weighted by molar-refractivity contribution is 0.102. The van der Waals surface area contributed by atoms with Crippen molar-refractivity contribution in [1.29, 1.82) is 0 Å². The summed E-state index contributed by atoms with van der Waals surface area (Å²) < 4.78 is 54.0. The fourth-order valence-electron chi connectivity index (χ4n) is 3.62. The molecule has 1 N–H and O–H groups in total. The van der Waals surface area contributed by atoms with Gasteiger partial charge in [-0.2, -0.15) is 4.31 Å². The van der Waals surface area contributed by atoms with Crippen LogP contribution in [0, 0.1) is 6.92 Å². The lowest BCUT2D eigenvalue weighted by Crippen LogP contribution is -2.32. The van der Waals surface area contributed by atoms with Crippen molar-refractivity contribution in [3.8, 4) is 0 Å². The first kappa shape index (κ1) is 25.6. The zero-order valence-corrected chi connectivity index (χ0v) is 21.2. The van der Waals surface area contributed by atoms with E-state index >= 15 is 0 Å². The van der Waals surface area contributed by atoms with Crippen LogP contribution in [0.15, 0.2) is 46.2 Å². The van der Waals surface area contributed by atoms with Gasteiger partial charge in [-0.3, -0.25) is 4.79 Å². The predicted octanol–water partition coefficient (Wildman–Crippen LogP) is 3.72. The highest BCUT2D eigenvalue weighted by Crippen LogP contribution is 2.28. The minimum Gasteiger partial charge on any atom is -0.322 e. The Hall–Kier alpha value is -1.98. The molecule has 1 saturated heterocycles. The van der Waals surface area contributed by atoms with Gasteiger partial charge in [0.1, 0.15) is 4.90 Å². The number of amides is 1. The van der Waals surface area contributed by atoms with Gasteiger partial charge in [-0.1, -0.05) is 30.5 Å². The number of rotatable bonds is 6. The highest BCUT2D eigenvalue weighted by Gasteiger charge is 2.28. The van der Waals surface area contributed by atoms with E-state index in [2.05, 4.69) is 5.32 Å². The van der Waals surface area contributed by atoms with E-state index in [0.29, 0.717) is 18.7 Å². The fourth-order valence-corrected chi connectivity index (χ4v) is 6.78. The maximum Gasteiger partial charge on any atom is 0.255 e. The molecule has 0 radical (unpaired) electrons. The molecule has 33 heavy (non-hydrogen) atoms. The minimum absolute atomic E-state index is 0.0468. The number of hydrogen-bond acceptors (Lipinski definition) is 5. The number of nitrogens with one attached hydrogen (secondary N) is 1. The molecule has 1 heterocycles. The Morgan fingerprint density at radius 2 is 1.58 bits per heavy atom. The summed E-state index contributed by atoms with van der Waals surface area (Å²) in [6.45, 7) is 2.50. The Labute approximate surface area is 200 Å². The SMILES string of the molecule is Cc1ccc(NC(=O)c2ccc(Cl)c(S(=O)(=O)N3CCCCCC3)c2)cc1S(=O)(=O)N(C)C. The lowest BCUT2D eigenvalue weighted by atomic mass is 10.2. The van der Waals surface area contributed by atoms with Gasteiger partial charge in [-0.15, -0.1) is 0 Å². The number of anilines is 1. The fraction of sp³-hybridized carbons (Fsp3) is 0.409. The van der Waals surface area contributed by atoms with Crippen molar-refractivity contribution in [2.24, 2.45) is 0 Å². The van der Waals surface area contributed by atoms with Crippen LogP contribution in [-0.2, 0) is 20.0 Å². The standard InChI is InChI=1S/C22H28ClN3O5S2/c1-16-8-10-18(15-20(16)32(28,29)25(2)3)24-22(27)17-9-11-19(23)21(14-17)33(30,31)26-12-6-4-5-7-13-26/h8-11,14-15H,4-7,12-13H2,1-3H3,(H,24,27). The third kappa shape index (κ3) is 5.58. The molecule has 180 valence electrons. The number of aryl methyl sites for hydroxylation is 1. The summed E-state index contributed by atoms with van der Waals surface area (Å²) in [6, 6.07) is 8.66. The summed E-state index contributed by atoms with van der Waals surface area (Å²) >= 11 is 6.21. The summed E-state index contributed by atoms with van der Waals surface area (Å²) in [5, 5.41) is 2.70. The zero-order chi connectivity index (χ0) is 24.4. The highest BCUT2D eigenvalue weighted by molar-refractivity contribution is 7.89. The van der Waals surface area contributed by atoms with Crippen LogP contribution in [0.5, 0.6) is 0 Å². The van der Waals surface area contributed by atoms with Crippen molar-refractivity contribution in [2.45, 2.75) is 42.4 Å². The summed E-state index contributed by atoms with van der Waals surface area (Å²) in [4.78, 5) is 12.9. The highest BCUT2D eigenvalue weighted by atomic mass is 35.5. The van der Waals surface area contributed by atoms with Crippen molar-refractivity contribution < 1.29 is 21.6 Å². The van der Waals surface area contributed by atoms with Crippen LogP contribution >= 0.6 is 11.6 Å². The third-order valence-corrected chi connectivity index (χ3v) is 9.92. The van der Waals surface area contributed by atoms with Crippen molar-refractivity contribution in [1.82, 2.24) is 8.61 Å². The third-order valence-electron chi connectivity index (χ3n) is 5.58. The van der Waals surface area contributed by atoms with Gasteiger partial charge in [0, 0.05) is 38.4 Å². The molecule has 1 aliphatic rings. The van der Waals surface area contributed by atoms with Crippen LogP contribution in [0.3, 0.4) is 0 Å². The van der Waals surface area contributed by atoms with Crippen LogP contribution < -0.4 is 5.32 Å². The van der Waals surface area contributed by atoms with Gasteiger partial charge in [-0.05, 0) is 55.7 Å². The molecule has 3 rings (SSSR count). The maximum atomic E-state index is 13.2. The molecule has 0 aromatic heterocycles. The number of carbonyl (C=O) groups excluding carboxylic acids is 1. The Balaban J connectivity index is 1.90. The second-order valence-electron chi connectivity index (χ2n) is 8.19. The van der Waals surface area contributed by atoms with E-state index in [1.807, 2.05) is 0 Å². The molecule has 0 unspecified atom stereocenters. The van der Waals surface area contributed by atoms with E-state index in [4.69, 9.17) is 11.6 Å². The molecule has 0 spiro atoms. The molecule has 1 amide bonds. The Kier molecular flexibility index (Phi) is 7.85. The Morgan fingerprint density at radius 3 is 2.18 bits per heavy atom. The molecule has 2 aromatic carbocycles. The number of benzene rings is 2. The molecule has 0 atom stereocenters. The first-order valence-corrected chi connectivity index (χ1v) is 13.8. The normalized spacial score (nSPS) is 15.9. The van der Waals surface area contributed by atoms with E-state index in [-0.39, 0.29) is 26.1 Å². The molecule has 0 aliphatic carbocycles. The molecule has 0 saturated carbocycles. The van der Waals surface area contributed by atoms with Crippen molar-refractivity contribution in [3.05, 3.63) is 52.5 Å². The van der Waals surface area contributed by atoms with Crippen molar-refractivity contribution in [2.75, 3.05) is 32.5 Å². The summed E-state index contributed by atoms with van der Waals surface area (Å²) in [7, 11) is -4.69. The topological polar surface area (TPSA) is 104 Å². The first-order chi connectivity index (χ1) is 15.4. The van der Waals surface area contributed by atoms with Gasteiger partial charge in [0.15, 0.2) is 0 Å². The van der Waals surface area contributed by atoms with E-state index in [1.54, 1.807) is 19.1 Å². The zero-order valence-electron chi connectivity index (χ0n) is 18.8. The predicted molar refractivity (Wildman–Crippen MR) is 129 cm³/mol. The number of carbonyl (C=O) groups is 1. The van der Waals surface area contributed by atoms with Gasteiger partial charge in [0.25, 0.3) is 5.91 Å². The summed E-state index contributed by atoms with van der Waals surface area (Å²) in [6.07, 6.45) is 3.51. The second-order valence-corrected chi connectivity index (χ2v) is 12.6. The van der Waals surface area contributed by atoms with Gasteiger partial charge < -0.3 is 5.32 Å². The van der Waals surface area contributed by atoms with Gasteiger partial charge in [0.2, 0.25) is 20.0 Å². The van der Waals surface area contributed by atoms with E-state index in [1.165, 1.54) is 42.7 Å². The summed E-state index contributed by atoms with van der Waals surface area (Å²) in [5.74, 6) is -0.573. The van der Waals surface area contributed by atoms with Crippen LogP contribution in [0.4, 0.5) is 5.69 Å². The van der Waals surface area contributed by atoms with E-state index < -0.39 is 26.0 Å². The molecule has 1 aliphatic heterocycles. The van der Waals surface area contributed by atoms with Gasteiger partial charge >= 0.3 is 0 Å². The molecular weight excluding hydrogens is 486 g/mol. The van der Waals surface area contributed by atoms with Gasteiger partial charge in [0.05, 0.1) is 9.92 Å². The molecule has 0 bridgehead atoms. The monoisotopic (exact) mass is 513 g/mol. The molecule has 1 fully saturated rings. The van der Waals surface area contributed by atoms with Gasteiger partial charge in [-0.25, -0.2) is 21.1 Å². The molecular formula is C22H28ClN3O5S2. The average molecular weight is 514 g/mol. The number of hydrogen-bond donors (Lipinski definition) is 1. The first-order valence-electron chi connectivity index (χ1n) is 10.6. The minimum atomic E-state index is -3.85. The summed E-state index contributed by atoms with van der Waals surface area (Å²) in [5.41, 5.74) is 0.919. The Morgan fingerprint density at radius 1 is 0.939 bits per heavy atom. The van der Waals surface area contributed by atoms with Crippen LogP contribution in [0.25, 0.3) is 0 Å². The number of nitrogens with zero attached hydrogens (tertiary/aromatic N) is 2. The average Bonchev–Trinajstić information content (AvgIpc) is 3.05. The quantitative estimate of drug-likeness (QED) is 0.634. The van der Waals surface area contributed by atoms with Crippen molar-refractivity contribution in [3.63, 3.8) is 0 Å². The lowest BCUT2D eigenvalue weighted by Gasteiger charge is -2.21. The van der Waals surface area contributed by atoms with E-state index in [0.717, 1.165) is 30.0 Å². The van der Waals surface area contributed by atoms with Crippen LogP contribution in [0.2, 0.25) is 5.02 Å². The number of sulfonamides is 2. The van der Waals surface area contributed by atoms with Crippen molar-refractivity contribution >= 4 is 43.2 Å². The maximum absolute atomic E-state index is 13.2.